The fraction of sp³-hybridized carbons (Fsp3) is 0.400. The topological polar surface area (TPSA) is 71.1 Å². The summed E-state index contributed by atoms with van der Waals surface area (Å²) in [6.07, 6.45) is -2.58. The maximum Gasteiger partial charge on any atom is 0.451 e. The standard InChI is InChI=1S/C15H16F3N5OS/c16-15(17,18)13-20-11-6-2-1-5-10(11)12(21-13)22-23-14(25)19-8-9-4-3-7-24-9/h1-2,5-6,9H,3-4,7-8H2,(H2,19,23,25)(H,20,21,22). The number of aromatic nitrogens is 2. The highest BCUT2D eigenvalue weighted by Gasteiger charge is 2.35. The number of rotatable bonds is 4. The van der Waals surface area contributed by atoms with Crippen molar-refractivity contribution in [1.29, 1.82) is 0 Å². The molecule has 6 nitrogen and oxygen atoms in total. The molecule has 0 aliphatic carbocycles. The Hall–Kier alpha value is -2.20. The first-order valence-electron chi connectivity index (χ1n) is 7.69. The molecular weight excluding hydrogens is 355 g/mol. The van der Waals surface area contributed by atoms with Crippen molar-refractivity contribution in [1.82, 2.24) is 20.7 Å². The number of hydrazine groups is 1. The van der Waals surface area contributed by atoms with E-state index in [9.17, 15) is 13.2 Å². The van der Waals surface area contributed by atoms with Crippen LogP contribution in [-0.2, 0) is 10.9 Å². The minimum Gasteiger partial charge on any atom is -0.376 e. The van der Waals surface area contributed by atoms with Gasteiger partial charge in [0.05, 0.1) is 11.6 Å². The summed E-state index contributed by atoms with van der Waals surface area (Å²) in [4.78, 5) is 7.11. The van der Waals surface area contributed by atoms with Gasteiger partial charge in [0.25, 0.3) is 0 Å². The van der Waals surface area contributed by atoms with Gasteiger partial charge in [-0.1, -0.05) is 12.1 Å². The molecule has 0 amide bonds. The number of nitrogens with one attached hydrogen (secondary N) is 3. The normalized spacial score (nSPS) is 17.5. The van der Waals surface area contributed by atoms with E-state index in [0.717, 1.165) is 19.4 Å². The molecule has 1 atom stereocenters. The van der Waals surface area contributed by atoms with Gasteiger partial charge >= 0.3 is 6.18 Å². The van der Waals surface area contributed by atoms with Crippen molar-refractivity contribution in [2.24, 2.45) is 0 Å². The lowest BCUT2D eigenvalue weighted by Gasteiger charge is -2.16. The summed E-state index contributed by atoms with van der Waals surface area (Å²) in [5.74, 6) is -1.21. The number of para-hydroxylation sites is 1. The largest absolute Gasteiger partial charge is 0.451 e. The molecule has 1 aromatic carbocycles. The second-order valence-electron chi connectivity index (χ2n) is 5.51. The Morgan fingerprint density at radius 2 is 2.08 bits per heavy atom. The first-order valence-corrected chi connectivity index (χ1v) is 8.10. The molecule has 25 heavy (non-hydrogen) atoms. The van der Waals surface area contributed by atoms with Crippen LogP contribution in [0.1, 0.15) is 18.7 Å². The number of thiocarbonyl (C=S) groups is 1. The molecule has 1 unspecified atom stereocenters. The number of ether oxygens (including phenoxy) is 1. The van der Waals surface area contributed by atoms with Crippen LogP contribution in [0.2, 0.25) is 0 Å². The van der Waals surface area contributed by atoms with Gasteiger partial charge in [-0.15, -0.1) is 0 Å². The molecule has 3 rings (SSSR count). The third-order valence-corrected chi connectivity index (χ3v) is 3.91. The number of anilines is 1. The van der Waals surface area contributed by atoms with Gasteiger partial charge < -0.3 is 10.1 Å². The Balaban J connectivity index is 1.70. The molecule has 1 aromatic heterocycles. The number of alkyl halides is 3. The van der Waals surface area contributed by atoms with Crippen LogP contribution in [0.5, 0.6) is 0 Å². The molecule has 2 heterocycles. The van der Waals surface area contributed by atoms with Crippen molar-refractivity contribution in [2.75, 3.05) is 18.6 Å². The average molecular weight is 371 g/mol. The average Bonchev–Trinajstić information content (AvgIpc) is 3.10. The smallest absolute Gasteiger partial charge is 0.376 e. The predicted molar refractivity (Wildman–Crippen MR) is 90.9 cm³/mol. The molecule has 0 saturated carbocycles. The number of fused-ring (bicyclic) bond motifs is 1. The SMILES string of the molecule is FC(F)(F)c1nc(NNC(=S)NCC2CCCO2)c2ccccc2n1. The Bertz CT molecular complexity index is 764. The highest BCUT2D eigenvalue weighted by atomic mass is 32.1. The van der Waals surface area contributed by atoms with Crippen LogP contribution in [0, 0.1) is 0 Å². The minimum absolute atomic E-state index is 0.000749. The molecule has 0 spiro atoms. The Kier molecular flexibility index (Phi) is 5.19. The zero-order valence-electron chi connectivity index (χ0n) is 13.1. The van der Waals surface area contributed by atoms with E-state index in [1.54, 1.807) is 18.2 Å². The molecular formula is C15H16F3N5OS. The number of nitrogens with zero attached hydrogens (tertiary/aromatic N) is 2. The molecule has 10 heteroatoms. The van der Waals surface area contributed by atoms with Gasteiger partial charge in [0.15, 0.2) is 10.9 Å². The van der Waals surface area contributed by atoms with Gasteiger partial charge in [-0.3, -0.25) is 10.9 Å². The van der Waals surface area contributed by atoms with Crippen molar-refractivity contribution in [3.8, 4) is 0 Å². The molecule has 0 radical (unpaired) electrons. The third kappa shape index (κ3) is 4.45. The van der Waals surface area contributed by atoms with Crippen LogP contribution in [0.4, 0.5) is 19.0 Å². The van der Waals surface area contributed by atoms with E-state index in [-0.39, 0.29) is 22.6 Å². The zero-order chi connectivity index (χ0) is 17.9. The lowest BCUT2D eigenvalue weighted by Crippen LogP contribution is -2.42. The molecule has 3 N–H and O–H groups in total. The van der Waals surface area contributed by atoms with Crippen LogP contribution in [-0.4, -0.2) is 34.3 Å². The lowest BCUT2D eigenvalue weighted by molar-refractivity contribution is -0.144. The molecule has 0 bridgehead atoms. The van der Waals surface area contributed by atoms with E-state index >= 15 is 0 Å². The van der Waals surface area contributed by atoms with Crippen molar-refractivity contribution >= 4 is 34.1 Å². The van der Waals surface area contributed by atoms with Gasteiger partial charge in [-0.05, 0) is 37.2 Å². The second kappa shape index (κ2) is 7.36. The number of hydrogen-bond donors (Lipinski definition) is 3. The van der Waals surface area contributed by atoms with Gasteiger partial charge in [-0.25, -0.2) is 9.97 Å². The quantitative estimate of drug-likeness (QED) is 0.564. The predicted octanol–water partition coefficient (Wildman–Crippen LogP) is 2.62. The highest BCUT2D eigenvalue weighted by molar-refractivity contribution is 7.80. The molecule has 1 fully saturated rings. The summed E-state index contributed by atoms with van der Waals surface area (Å²) < 4.78 is 44.3. The van der Waals surface area contributed by atoms with Crippen LogP contribution in [0.15, 0.2) is 24.3 Å². The van der Waals surface area contributed by atoms with Crippen LogP contribution < -0.4 is 16.2 Å². The number of halogens is 3. The summed E-state index contributed by atoms with van der Waals surface area (Å²) in [7, 11) is 0. The molecule has 1 aliphatic heterocycles. The molecule has 2 aromatic rings. The summed E-state index contributed by atoms with van der Waals surface area (Å²) in [6.45, 7) is 1.27. The molecule has 134 valence electrons. The monoisotopic (exact) mass is 371 g/mol. The van der Waals surface area contributed by atoms with Crippen molar-refractivity contribution in [2.45, 2.75) is 25.1 Å². The maximum atomic E-state index is 13.0. The van der Waals surface area contributed by atoms with Crippen LogP contribution in [0.25, 0.3) is 10.9 Å². The van der Waals surface area contributed by atoms with E-state index in [1.807, 2.05) is 0 Å². The molecule has 1 aliphatic rings. The van der Waals surface area contributed by atoms with E-state index in [4.69, 9.17) is 17.0 Å². The minimum atomic E-state index is -4.64. The summed E-state index contributed by atoms with van der Waals surface area (Å²) in [6, 6.07) is 6.42. The van der Waals surface area contributed by atoms with Crippen molar-refractivity contribution in [3.05, 3.63) is 30.1 Å². The maximum absolute atomic E-state index is 13.0. The third-order valence-electron chi connectivity index (χ3n) is 3.67. The van der Waals surface area contributed by atoms with Gasteiger partial charge in [0, 0.05) is 18.5 Å². The second-order valence-corrected chi connectivity index (χ2v) is 5.91. The van der Waals surface area contributed by atoms with E-state index in [0.29, 0.717) is 11.9 Å². The first-order chi connectivity index (χ1) is 11.9. The van der Waals surface area contributed by atoms with Gasteiger partial charge in [-0.2, -0.15) is 13.2 Å². The zero-order valence-corrected chi connectivity index (χ0v) is 13.9. The Labute approximate surface area is 147 Å². The Morgan fingerprint density at radius 1 is 1.28 bits per heavy atom. The highest BCUT2D eigenvalue weighted by Crippen LogP contribution is 2.29. The van der Waals surface area contributed by atoms with Crippen molar-refractivity contribution in [3.63, 3.8) is 0 Å². The number of hydrogen-bond acceptors (Lipinski definition) is 5. The summed E-state index contributed by atoms with van der Waals surface area (Å²) >= 11 is 5.11. The van der Waals surface area contributed by atoms with E-state index in [2.05, 4.69) is 26.1 Å². The fourth-order valence-corrected chi connectivity index (χ4v) is 2.61. The Morgan fingerprint density at radius 3 is 2.80 bits per heavy atom. The summed E-state index contributed by atoms with van der Waals surface area (Å²) in [5.41, 5.74) is 5.47. The fourth-order valence-electron chi connectivity index (χ4n) is 2.47. The van der Waals surface area contributed by atoms with Crippen molar-refractivity contribution < 1.29 is 17.9 Å². The lowest BCUT2D eigenvalue weighted by atomic mass is 10.2. The number of benzene rings is 1. The summed E-state index contributed by atoms with van der Waals surface area (Å²) in [5, 5.41) is 3.65. The van der Waals surface area contributed by atoms with Crippen LogP contribution >= 0.6 is 12.2 Å². The van der Waals surface area contributed by atoms with Crippen LogP contribution in [0.3, 0.4) is 0 Å². The molecule has 1 saturated heterocycles. The first kappa shape index (κ1) is 17.6. The van der Waals surface area contributed by atoms with E-state index < -0.39 is 12.0 Å². The van der Waals surface area contributed by atoms with Gasteiger partial charge in [0.2, 0.25) is 5.82 Å². The van der Waals surface area contributed by atoms with Gasteiger partial charge in [0.1, 0.15) is 0 Å². The van der Waals surface area contributed by atoms with E-state index in [1.165, 1.54) is 6.07 Å².